The van der Waals surface area contributed by atoms with Crippen molar-refractivity contribution in [2.75, 3.05) is 13.4 Å². The summed E-state index contributed by atoms with van der Waals surface area (Å²) in [6.07, 6.45) is 0.793. The number of hydrogen-bond acceptors (Lipinski definition) is 3. The lowest BCUT2D eigenvalue weighted by molar-refractivity contribution is 0.0213. The number of nitrogens with two attached hydrogens (primary N) is 1. The van der Waals surface area contributed by atoms with Gasteiger partial charge in [0.05, 0.1) is 4.47 Å². The molecule has 0 saturated heterocycles. The molecule has 0 spiro atoms. The molecule has 0 heterocycles. The number of para-hydroxylation sites is 1. The van der Waals surface area contributed by atoms with Gasteiger partial charge in [0.15, 0.2) is 6.79 Å². The van der Waals surface area contributed by atoms with Gasteiger partial charge in [-0.3, -0.25) is 0 Å². The van der Waals surface area contributed by atoms with E-state index >= 15 is 0 Å². The topological polar surface area (TPSA) is 44.5 Å². The molecule has 1 unspecified atom stereocenters. The summed E-state index contributed by atoms with van der Waals surface area (Å²) in [6.45, 7) is 4.83. The highest BCUT2D eigenvalue weighted by molar-refractivity contribution is 9.10. The molecule has 0 fully saturated rings. The van der Waals surface area contributed by atoms with Gasteiger partial charge in [0.25, 0.3) is 0 Å². The van der Waals surface area contributed by atoms with Crippen LogP contribution in [0.4, 0.5) is 0 Å². The quantitative estimate of drug-likeness (QED) is 0.646. The zero-order valence-corrected chi connectivity index (χ0v) is 11.3. The van der Waals surface area contributed by atoms with Gasteiger partial charge in [-0.1, -0.05) is 12.1 Å². The number of halogens is 1. The molecule has 0 saturated carbocycles. The highest BCUT2D eigenvalue weighted by Crippen LogP contribution is 2.29. The third-order valence-electron chi connectivity index (χ3n) is 2.08. The fourth-order valence-electron chi connectivity index (χ4n) is 1.41. The molecule has 0 aliphatic rings. The molecule has 0 amide bonds. The summed E-state index contributed by atoms with van der Waals surface area (Å²) in [5.74, 6) is 0.827. The van der Waals surface area contributed by atoms with E-state index in [1.165, 1.54) is 0 Å². The van der Waals surface area contributed by atoms with E-state index in [2.05, 4.69) is 15.9 Å². The van der Waals surface area contributed by atoms with Crippen molar-refractivity contribution in [3.8, 4) is 5.75 Å². The van der Waals surface area contributed by atoms with Crippen LogP contribution in [0.1, 0.15) is 19.4 Å². The molecule has 3 nitrogen and oxygen atoms in total. The van der Waals surface area contributed by atoms with Crippen LogP contribution in [0.2, 0.25) is 0 Å². The highest BCUT2D eigenvalue weighted by atomic mass is 79.9. The lowest BCUT2D eigenvalue weighted by atomic mass is 10.1. The fraction of sp³-hybridized carbons (Fsp3) is 0.500. The molecule has 0 radical (unpaired) electrons. The first-order valence-electron chi connectivity index (χ1n) is 5.38. The zero-order valence-electron chi connectivity index (χ0n) is 9.70. The summed E-state index contributed by atoms with van der Waals surface area (Å²) >= 11 is 3.47. The van der Waals surface area contributed by atoms with Crippen LogP contribution in [0, 0.1) is 0 Å². The van der Waals surface area contributed by atoms with Crippen molar-refractivity contribution in [2.45, 2.75) is 26.3 Å². The SMILES string of the molecule is CCOCOc1c(Br)cccc1CC(C)N. The third kappa shape index (κ3) is 4.12. The summed E-state index contributed by atoms with van der Waals surface area (Å²) in [5.41, 5.74) is 6.90. The summed E-state index contributed by atoms with van der Waals surface area (Å²) in [7, 11) is 0. The van der Waals surface area contributed by atoms with Crippen molar-refractivity contribution < 1.29 is 9.47 Å². The molecule has 16 heavy (non-hydrogen) atoms. The van der Waals surface area contributed by atoms with Gasteiger partial charge in [0.2, 0.25) is 0 Å². The van der Waals surface area contributed by atoms with Crippen LogP contribution in [0.25, 0.3) is 0 Å². The Morgan fingerprint density at radius 1 is 1.44 bits per heavy atom. The van der Waals surface area contributed by atoms with E-state index in [1.54, 1.807) is 0 Å². The van der Waals surface area contributed by atoms with Gasteiger partial charge in [0, 0.05) is 12.6 Å². The standard InChI is InChI=1S/C12H18BrNO2/c1-3-15-8-16-12-10(7-9(2)14)5-4-6-11(12)13/h4-6,9H,3,7-8,14H2,1-2H3. The molecule has 1 aromatic rings. The highest BCUT2D eigenvalue weighted by Gasteiger charge is 2.09. The minimum absolute atomic E-state index is 0.115. The van der Waals surface area contributed by atoms with Crippen LogP contribution in [0.15, 0.2) is 22.7 Å². The summed E-state index contributed by atoms with van der Waals surface area (Å²) in [4.78, 5) is 0. The molecule has 0 aliphatic carbocycles. The second-order valence-electron chi connectivity index (χ2n) is 3.66. The molecule has 0 aromatic heterocycles. The summed E-state index contributed by atoms with van der Waals surface area (Å²) < 4.78 is 11.7. The Morgan fingerprint density at radius 2 is 2.19 bits per heavy atom. The first-order chi connectivity index (χ1) is 7.65. The smallest absolute Gasteiger partial charge is 0.189 e. The Hall–Kier alpha value is -0.580. The summed E-state index contributed by atoms with van der Waals surface area (Å²) in [5, 5.41) is 0. The van der Waals surface area contributed by atoms with E-state index in [1.807, 2.05) is 32.0 Å². The maximum Gasteiger partial charge on any atom is 0.189 e. The molecule has 1 atom stereocenters. The molecule has 90 valence electrons. The van der Waals surface area contributed by atoms with Crippen LogP contribution in [-0.4, -0.2) is 19.4 Å². The number of ether oxygens (including phenoxy) is 2. The molecule has 1 rings (SSSR count). The Balaban J connectivity index is 2.77. The first kappa shape index (κ1) is 13.5. The largest absolute Gasteiger partial charge is 0.466 e. The van der Waals surface area contributed by atoms with Crippen LogP contribution >= 0.6 is 15.9 Å². The maximum absolute atomic E-state index is 5.80. The van der Waals surface area contributed by atoms with Crippen molar-refractivity contribution in [2.24, 2.45) is 5.73 Å². The Morgan fingerprint density at radius 3 is 2.81 bits per heavy atom. The number of benzene rings is 1. The number of hydrogen-bond donors (Lipinski definition) is 1. The van der Waals surface area contributed by atoms with E-state index in [-0.39, 0.29) is 12.8 Å². The monoisotopic (exact) mass is 287 g/mol. The van der Waals surface area contributed by atoms with E-state index in [0.29, 0.717) is 6.61 Å². The summed E-state index contributed by atoms with van der Waals surface area (Å²) in [6, 6.07) is 6.07. The van der Waals surface area contributed by atoms with Crippen molar-refractivity contribution in [3.05, 3.63) is 28.2 Å². The molecule has 0 bridgehead atoms. The lowest BCUT2D eigenvalue weighted by Crippen LogP contribution is -2.18. The van der Waals surface area contributed by atoms with Crippen LogP contribution in [-0.2, 0) is 11.2 Å². The van der Waals surface area contributed by atoms with E-state index in [9.17, 15) is 0 Å². The Bertz CT molecular complexity index is 329. The van der Waals surface area contributed by atoms with Crippen molar-refractivity contribution >= 4 is 15.9 Å². The van der Waals surface area contributed by atoms with Gasteiger partial charge in [0.1, 0.15) is 5.75 Å². The molecule has 0 aliphatic heterocycles. The predicted molar refractivity (Wildman–Crippen MR) is 68.6 cm³/mol. The van der Waals surface area contributed by atoms with Crippen LogP contribution in [0.3, 0.4) is 0 Å². The normalized spacial score (nSPS) is 12.5. The molecular weight excluding hydrogens is 270 g/mol. The van der Waals surface area contributed by atoms with Crippen molar-refractivity contribution in [1.82, 2.24) is 0 Å². The zero-order chi connectivity index (χ0) is 12.0. The minimum atomic E-state index is 0.115. The van der Waals surface area contributed by atoms with E-state index in [0.717, 1.165) is 22.2 Å². The molecule has 1 aromatic carbocycles. The Labute approximate surface area is 105 Å². The van der Waals surface area contributed by atoms with Crippen LogP contribution < -0.4 is 10.5 Å². The van der Waals surface area contributed by atoms with Crippen LogP contribution in [0.5, 0.6) is 5.75 Å². The van der Waals surface area contributed by atoms with Crippen molar-refractivity contribution in [1.29, 1.82) is 0 Å². The van der Waals surface area contributed by atoms with E-state index in [4.69, 9.17) is 15.2 Å². The van der Waals surface area contributed by atoms with Crippen molar-refractivity contribution in [3.63, 3.8) is 0 Å². The predicted octanol–water partition coefficient (Wildman–Crippen LogP) is 2.71. The average molecular weight is 288 g/mol. The second kappa shape index (κ2) is 6.89. The molecule has 4 heteroatoms. The van der Waals surface area contributed by atoms with Gasteiger partial charge in [-0.15, -0.1) is 0 Å². The molecular formula is C12H18BrNO2. The van der Waals surface area contributed by atoms with Gasteiger partial charge < -0.3 is 15.2 Å². The minimum Gasteiger partial charge on any atom is -0.466 e. The fourth-order valence-corrected chi connectivity index (χ4v) is 1.93. The number of rotatable bonds is 6. The second-order valence-corrected chi connectivity index (χ2v) is 4.52. The molecule has 2 N–H and O–H groups in total. The van der Waals surface area contributed by atoms with E-state index < -0.39 is 0 Å². The van der Waals surface area contributed by atoms with Gasteiger partial charge in [-0.05, 0) is 47.8 Å². The third-order valence-corrected chi connectivity index (χ3v) is 2.71. The maximum atomic E-state index is 5.80. The van der Waals surface area contributed by atoms with Gasteiger partial charge in [-0.25, -0.2) is 0 Å². The lowest BCUT2D eigenvalue weighted by Gasteiger charge is -2.14. The first-order valence-corrected chi connectivity index (χ1v) is 6.18. The van der Waals surface area contributed by atoms with Gasteiger partial charge in [-0.2, -0.15) is 0 Å². The Kier molecular flexibility index (Phi) is 5.80. The van der Waals surface area contributed by atoms with Gasteiger partial charge >= 0.3 is 0 Å². The average Bonchev–Trinajstić information content (AvgIpc) is 2.21.